The number of para-hydroxylation sites is 1. The van der Waals surface area contributed by atoms with E-state index in [4.69, 9.17) is 28.9 Å². The molecule has 1 amide bonds. The second-order valence-corrected chi connectivity index (χ2v) is 7.06. The number of halogens is 3. The van der Waals surface area contributed by atoms with Crippen LogP contribution in [0.4, 0.5) is 5.69 Å². The summed E-state index contributed by atoms with van der Waals surface area (Å²) in [6.07, 6.45) is 0.599. The van der Waals surface area contributed by atoms with E-state index in [2.05, 4.69) is 15.6 Å². The highest BCUT2D eigenvalue weighted by atomic mass is 127. The highest BCUT2D eigenvalue weighted by molar-refractivity contribution is 14.0. The van der Waals surface area contributed by atoms with Crippen molar-refractivity contribution in [2.45, 2.75) is 25.3 Å². The zero-order valence-electron chi connectivity index (χ0n) is 14.7. The fourth-order valence-electron chi connectivity index (χ4n) is 3.07. The molecule has 2 atom stereocenters. The van der Waals surface area contributed by atoms with Crippen LogP contribution < -0.4 is 16.4 Å². The van der Waals surface area contributed by atoms with Crippen LogP contribution in [0.1, 0.15) is 36.4 Å². The first-order chi connectivity index (χ1) is 12.5. The molecule has 0 saturated carbocycles. The number of benzene rings is 2. The van der Waals surface area contributed by atoms with Crippen molar-refractivity contribution in [3.05, 3.63) is 63.6 Å². The molecule has 2 unspecified atom stereocenters. The molecule has 3 rings (SSSR count). The van der Waals surface area contributed by atoms with Crippen LogP contribution in [0.5, 0.6) is 0 Å². The standard InChI is InChI=1S/C19H20Cl2N4O.HI/c1-11(13-7-6-12(20)10-16(13)21)24-19(22)23-9-8-15-14-4-2-3-5-17(14)25-18(15)26;/h2-7,10-11,15H,8-9H2,1H3,(H,25,26)(H3,22,23,24);1H. The lowest BCUT2D eigenvalue weighted by Crippen LogP contribution is -2.34. The van der Waals surface area contributed by atoms with Crippen LogP contribution in [0.15, 0.2) is 47.5 Å². The summed E-state index contributed by atoms with van der Waals surface area (Å²) in [5, 5.41) is 7.16. The molecule has 0 saturated heterocycles. The number of nitrogens with zero attached hydrogens (tertiary/aromatic N) is 1. The van der Waals surface area contributed by atoms with Crippen molar-refractivity contribution in [2.75, 3.05) is 11.9 Å². The molecule has 144 valence electrons. The number of amides is 1. The van der Waals surface area contributed by atoms with Crippen LogP contribution in [-0.4, -0.2) is 18.4 Å². The molecule has 4 N–H and O–H groups in total. The van der Waals surface area contributed by atoms with E-state index in [-0.39, 0.29) is 41.8 Å². The number of nitrogens with one attached hydrogen (secondary N) is 2. The van der Waals surface area contributed by atoms with E-state index in [0.29, 0.717) is 29.0 Å². The third kappa shape index (κ3) is 5.27. The van der Waals surface area contributed by atoms with Gasteiger partial charge in [-0.25, -0.2) is 0 Å². The molecule has 1 aliphatic heterocycles. The van der Waals surface area contributed by atoms with E-state index >= 15 is 0 Å². The molecular weight excluding hydrogens is 498 g/mol. The van der Waals surface area contributed by atoms with Crippen molar-refractivity contribution < 1.29 is 4.79 Å². The number of nitrogens with two attached hydrogens (primary N) is 1. The number of guanidine groups is 1. The number of hydrogen-bond donors (Lipinski definition) is 3. The van der Waals surface area contributed by atoms with E-state index in [1.807, 2.05) is 37.3 Å². The molecular formula is C19H21Cl2IN4O. The second kappa shape index (κ2) is 9.61. The second-order valence-electron chi connectivity index (χ2n) is 6.22. The smallest absolute Gasteiger partial charge is 0.232 e. The molecule has 1 aliphatic rings. The van der Waals surface area contributed by atoms with Gasteiger partial charge < -0.3 is 16.4 Å². The predicted octanol–water partition coefficient (Wildman–Crippen LogP) is 4.70. The van der Waals surface area contributed by atoms with Crippen molar-refractivity contribution >= 4 is 64.7 Å². The Hall–Kier alpha value is -1.51. The van der Waals surface area contributed by atoms with Gasteiger partial charge in [0.1, 0.15) is 0 Å². The molecule has 0 bridgehead atoms. The van der Waals surface area contributed by atoms with Crippen LogP contribution >= 0.6 is 47.2 Å². The number of carbonyl (C=O) groups is 1. The Morgan fingerprint density at radius 2 is 2.04 bits per heavy atom. The van der Waals surface area contributed by atoms with E-state index in [1.54, 1.807) is 12.1 Å². The minimum absolute atomic E-state index is 0. The number of hydrogen-bond acceptors (Lipinski definition) is 2. The Labute approximate surface area is 185 Å². The molecule has 27 heavy (non-hydrogen) atoms. The summed E-state index contributed by atoms with van der Waals surface area (Å²) in [5.41, 5.74) is 8.76. The Morgan fingerprint density at radius 1 is 1.30 bits per heavy atom. The van der Waals surface area contributed by atoms with Gasteiger partial charge in [-0.2, -0.15) is 0 Å². The molecule has 1 heterocycles. The monoisotopic (exact) mass is 518 g/mol. The van der Waals surface area contributed by atoms with E-state index in [0.717, 1.165) is 16.8 Å². The van der Waals surface area contributed by atoms with Crippen LogP contribution in [0.25, 0.3) is 0 Å². The first-order valence-corrected chi connectivity index (χ1v) is 9.12. The average Bonchev–Trinajstić information content (AvgIpc) is 2.90. The Morgan fingerprint density at radius 3 is 2.78 bits per heavy atom. The summed E-state index contributed by atoms with van der Waals surface area (Å²) in [4.78, 5) is 16.4. The van der Waals surface area contributed by atoms with Gasteiger partial charge >= 0.3 is 0 Å². The first-order valence-electron chi connectivity index (χ1n) is 8.37. The van der Waals surface area contributed by atoms with Gasteiger partial charge in [0.05, 0.1) is 12.0 Å². The van der Waals surface area contributed by atoms with Crippen molar-refractivity contribution in [1.82, 2.24) is 5.32 Å². The number of anilines is 1. The number of carbonyl (C=O) groups excluding carboxylic acids is 1. The summed E-state index contributed by atoms with van der Waals surface area (Å²) in [7, 11) is 0. The lowest BCUT2D eigenvalue weighted by molar-refractivity contribution is -0.117. The maximum Gasteiger partial charge on any atom is 0.232 e. The van der Waals surface area contributed by atoms with Gasteiger partial charge in [-0.3, -0.25) is 9.79 Å². The molecule has 8 heteroatoms. The molecule has 0 radical (unpaired) electrons. The maximum absolute atomic E-state index is 12.1. The lowest BCUT2D eigenvalue weighted by atomic mass is 9.97. The van der Waals surface area contributed by atoms with Crippen LogP contribution in [0, 0.1) is 0 Å². The first kappa shape index (κ1) is 21.8. The lowest BCUT2D eigenvalue weighted by Gasteiger charge is -2.16. The minimum atomic E-state index is -0.189. The highest BCUT2D eigenvalue weighted by Crippen LogP contribution is 2.34. The zero-order chi connectivity index (χ0) is 18.7. The van der Waals surface area contributed by atoms with Gasteiger partial charge in [0, 0.05) is 22.3 Å². The van der Waals surface area contributed by atoms with Crippen LogP contribution in [0.2, 0.25) is 10.0 Å². The summed E-state index contributed by atoms with van der Waals surface area (Å²) in [6, 6.07) is 12.9. The largest absolute Gasteiger partial charge is 0.370 e. The van der Waals surface area contributed by atoms with Crippen molar-refractivity contribution in [3.63, 3.8) is 0 Å². The summed E-state index contributed by atoms with van der Waals surface area (Å²) in [5.74, 6) is 0.135. The molecule has 0 fully saturated rings. The zero-order valence-corrected chi connectivity index (χ0v) is 18.5. The van der Waals surface area contributed by atoms with Gasteiger partial charge in [0.25, 0.3) is 0 Å². The molecule has 2 aromatic carbocycles. The highest BCUT2D eigenvalue weighted by Gasteiger charge is 2.29. The van der Waals surface area contributed by atoms with Gasteiger partial charge in [-0.05, 0) is 42.7 Å². The topological polar surface area (TPSA) is 79.5 Å². The Kier molecular flexibility index (Phi) is 7.76. The number of aliphatic imine (C=N–C) groups is 1. The summed E-state index contributed by atoms with van der Waals surface area (Å²) < 4.78 is 0. The van der Waals surface area contributed by atoms with Gasteiger partial charge in [0.2, 0.25) is 5.91 Å². The van der Waals surface area contributed by atoms with Crippen LogP contribution in [0.3, 0.4) is 0 Å². The summed E-state index contributed by atoms with van der Waals surface area (Å²) in [6.45, 7) is 2.39. The van der Waals surface area contributed by atoms with Crippen molar-refractivity contribution in [1.29, 1.82) is 0 Å². The maximum atomic E-state index is 12.1. The van der Waals surface area contributed by atoms with Crippen molar-refractivity contribution in [2.24, 2.45) is 10.7 Å². The van der Waals surface area contributed by atoms with E-state index in [1.165, 1.54) is 0 Å². The normalized spacial score (nSPS) is 16.9. The van der Waals surface area contributed by atoms with E-state index in [9.17, 15) is 4.79 Å². The SMILES string of the molecule is CC(NC(N)=NCCC1C(=O)Nc2ccccc21)c1ccc(Cl)cc1Cl.I. The quantitative estimate of drug-likeness (QED) is 0.305. The molecule has 0 spiro atoms. The Bertz CT molecular complexity index is 859. The third-order valence-electron chi connectivity index (χ3n) is 4.40. The molecule has 2 aromatic rings. The van der Waals surface area contributed by atoms with Gasteiger partial charge in [-0.15, -0.1) is 24.0 Å². The number of rotatable bonds is 5. The summed E-state index contributed by atoms with van der Waals surface area (Å²) >= 11 is 12.1. The minimum Gasteiger partial charge on any atom is -0.370 e. The van der Waals surface area contributed by atoms with Crippen LogP contribution in [-0.2, 0) is 4.79 Å². The predicted molar refractivity (Wildman–Crippen MR) is 122 cm³/mol. The molecule has 0 aromatic heterocycles. The van der Waals surface area contributed by atoms with Gasteiger partial charge in [0.15, 0.2) is 5.96 Å². The average molecular weight is 519 g/mol. The fraction of sp³-hybridized carbons (Fsp3) is 0.263. The number of fused-ring (bicyclic) bond motifs is 1. The van der Waals surface area contributed by atoms with Crippen molar-refractivity contribution in [3.8, 4) is 0 Å². The fourth-order valence-corrected chi connectivity index (χ4v) is 3.65. The Balaban J connectivity index is 0.00000261. The van der Waals surface area contributed by atoms with Gasteiger partial charge in [-0.1, -0.05) is 47.5 Å². The van der Waals surface area contributed by atoms with E-state index < -0.39 is 0 Å². The molecule has 0 aliphatic carbocycles. The molecule has 5 nitrogen and oxygen atoms in total. The third-order valence-corrected chi connectivity index (χ3v) is 4.97.